The number of ether oxygens (including phenoxy) is 1. The van der Waals surface area contributed by atoms with Crippen molar-refractivity contribution in [2.45, 2.75) is 58.8 Å². The average molecular weight is 511 g/mol. The maximum Gasteiger partial charge on any atom is 0.408 e. The zero-order valence-corrected chi connectivity index (χ0v) is 22.3. The van der Waals surface area contributed by atoms with Crippen LogP contribution in [0.3, 0.4) is 0 Å². The van der Waals surface area contributed by atoms with Crippen molar-refractivity contribution < 1.29 is 19.1 Å². The summed E-state index contributed by atoms with van der Waals surface area (Å²) in [6.07, 6.45) is -0.788. The third-order valence-electron chi connectivity index (χ3n) is 5.29. The lowest BCUT2D eigenvalue weighted by atomic mass is 9.96. The van der Waals surface area contributed by atoms with Crippen molar-refractivity contribution in [1.29, 1.82) is 5.26 Å². The molecular weight excluding hydrogens is 476 g/mol. The second kappa shape index (κ2) is 13.0. The summed E-state index contributed by atoms with van der Waals surface area (Å²) in [5.74, 6) is -1.10. The quantitative estimate of drug-likeness (QED) is 0.351. The Morgan fingerprint density at radius 2 is 1.78 bits per heavy atom. The van der Waals surface area contributed by atoms with Gasteiger partial charge in [0.1, 0.15) is 24.2 Å². The maximum atomic E-state index is 13.6. The molecule has 3 amide bonds. The summed E-state index contributed by atoms with van der Waals surface area (Å²) >= 11 is 4.24. The van der Waals surface area contributed by atoms with Gasteiger partial charge in [-0.05, 0) is 51.3 Å². The van der Waals surface area contributed by atoms with Crippen LogP contribution in [0.25, 0.3) is 0 Å². The van der Waals surface area contributed by atoms with Crippen molar-refractivity contribution in [3.05, 3.63) is 70.8 Å². The summed E-state index contributed by atoms with van der Waals surface area (Å²) < 4.78 is 5.28. The number of carbonyl (C=O) groups is 3. The second-order valence-corrected chi connectivity index (χ2v) is 9.84. The van der Waals surface area contributed by atoms with Gasteiger partial charge in [0.2, 0.25) is 11.8 Å². The van der Waals surface area contributed by atoms with Gasteiger partial charge in [0, 0.05) is 12.3 Å². The minimum Gasteiger partial charge on any atom is -0.444 e. The first kappa shape index (κ1) is 28.7. The van der Waals surface area contributed by atoms with Crippen molar-refractivity contribution in [3.63, 3.8) is 0 Å². The number of hydrogen-bond donors (Lipinski definition) is 3. The van der Waals surface area contributed by atoms with Crippen LogP contribution in [-0.4, -0.2) is 46.7 Å². The van der Waals surface area contributed by atoms with Gasteiger partial charge < -0.3 is 20.3 Å². The predicted octanol–water partition coefficient (Wildman–Crippen LogP) is 3.84. The van der Waals surface area contributed by atoms with E-state index in [-0.39, 0.29) is 18.8 Å². The second-order valence-electron chi connectivity index (χ2n) is 9.47. The van der Waals surface area contributed by atoms with Gasteiger partial charge in [-0.15, -0.1) is 0 Å². The molecule has 2 N–H and O–H groups in total. The number of nitriles is 1. The molecule has 0 aromatic heterocycles. The van der Waals surface area contributed by atoms with Gasteiger partial charge in [-0.3, -0.25) is 9.59 Å². The molecule has 0 fully saturated rings. The van der Waals surface area contributed by atoms with Crippen LogP contribution in [0.1, 0.15) is 49.1 Å². The highest BCUT2D eigenvalue weighted by molar-refractivity contribution is 7.80. The maximum absolute atomic E-state index is 13.6. The Balaban J connectivity index is 2.43. The number of amides is 3. The standard InChI is InChI=1S/C27H34N4O4S/c1-18-11-12-19(2)21(15-18)23(24(32)29-16-20-9-7-6-8-10-20)31(14-13-28)25(33)22(17-36)30-26(34)35-27(3,4)5/h6-12,15,22-23,36H,14,16-17H2,1-5H3,(H,29,32)(H,30,34). The van der Waals surface area contributed by atoms with E-state index in [0.717, 1.165) is 16.7 Å². The Kier molecular flexibility index (Phi) is 10.4. The molecule has 0 spiro atoms. The average Bonchev–Trinajstić information content (AvgIpc) is 2.82. The molecule has 0 heterocycles. The third-order valence-corrected chi connectivity index (χ3v) is 5.66. The van der Waals surface area contributed by atoms with Gasteiger partial charge in [0.05, 0.1) is 6.07 Å². The Hall–Kier alpha value is -3.51. The highest BCUT2D eigenvalue weighted by Crippen LogP contribution is 2.27. The summed E-state index contributed by atoms with van der Waals surface area (Å²) in [6.45, 7) is 8.74. The van der Waals surface area contributed by atoms with Gasteiger partial charge in [0.25, 0.3) is 0 Å². The highest BCUT2D eigenvalue weighted by Gasteiger charge is 2.36. The van der Waals surface area contributed by atoms with E-state index in [4.69, 9.17) is 4.74 Å². The molecule has 2 aromatic carbocycles. The van der Waals surface area contributed by atoms with Crippen molar-refractivity contribution in [3.8, 4) is 6.07 Å². The number of nitrogens with one attached hydrogen (secondary N) is 2. The number of aryl methyl sites for hydroxylation is 2. The fraction of sp³-hybridized carbons (Fsp3) is 0.407. The van der Waals surface area contributed by atoms with Crippen LogP contribution in [0, 0.1) is 25.2 Å². The third kappa shape index (κ3) is 8.31. The first-order valence-electron chi connectivity index (χ1n) is 11.6. The van der Waals surface area contributed by atoms with Crippen LogP contribution in [0.15, 0.2) is 48.5 Å². The number of alkyl carbamates (subject to hydrolysis) is 1. The van der Waals surface area contributed by atoms with Crippen LogP contribution < -0.4 is 10.6 Å². The molecular formula is C27H34N4O4S. The van der Waals surface area contributed by atoms with Crippen LogP contribution >= 0.6 is 12.6 Å². The summed E-state index contributed by atoms with van der Waals surface area (Å²) in [6, 6.07) is 14.8. The molecule has 0 aliphatic carbocycles. The van der Waals surface area contributed by atoms with E-state index in [1.54, 1.807) is 20.8 Å². The topological polar surface area (TPSA) is 112 Å². The monoisotopic (exact) mass is 510 g/mol. The van der Waals surface area contributed by atoms with Crippen molar-refractivity contribution in [2.75, 3.05) is 12.3 Å². The van der Waals surface area contributed by atoms with E-state index >= 15 is 0 Å². The fourth-order valence-corrected chi connectivity index (χ4v) is 3.84. The summed E-state index contributed by atoms with van der Waals surface area (Å²) in [5, 5.41) is 15.0. The van der Waals surface area contributed by atoms with E-state index in [2.05, 4.69) is 23.3 Å². The van der Waals surface area contributed by atoms with Crippen LogP contribution in [0.5, 0.6) is 0 Å². The molecule has 36 heavy (non-hydrogen) atoms. The highest BCUT2D eigenvalue weighted by atomic mass is 32.1. The Morgan fingerprint density at radius 1 is 1.11 bits per heavy atom. The minimum absolute atomic E-state index is 0.0504. The van der Waals surface area contributed by atoms with Crippen LogP contribution in [0.2, 0.25) is 0 Å². The first-order chi connectivity index (χ1) is 17.0. The largest absolute Gasteiger partial charge is 0.444 e. The Morgan fingerprint density at radius 3 is 2.36 bits per heavy atom. The molecule has 2 unspecified atom stereocenters. The van der Waals surface area contributed by atoms with Gasteiger partial charge in [-0.25, -0.2) is 4.79 Å². The summed E-state index contributed by atoms with van der Waals surface area (Å²) in [5.41, 5.74) is 2.42. The zero-order valence-electron chi connectivity index (χ0n) is 21.4. The van der Waals surface area contributed by atoms with E-state index in [9.17, 15) is 19.6 Å². The van der Waals surface area contributed by atoms with Crippen molar-refractivity contribution >= 4 is 30.5 Å². The molecule has 0 radical (unpaired) electrons. The number of nitrogens with zero attached hydrogens (tertiary/aromatic N) is 2. The van der Waals surface area contributed by atoms with E-state index in [0.29, 0.717) is 5.56 Å². The molecule has 192 valence electrons. The van der Waals surface area contributed by atoms with Crippen molar-refractivity contribution in [1.82, 2.24) is 15.5 Å². The van der Waals surface area contributed by atoms with Gasteiger partial charge in [-0.2, -0.15) is 17.9 Å². The SMILES string of the molecule is Cc1ccc(C)c(C(C(=O)NCc2ccccc2)N(CC#N)C(=O)C(CS)NC(=O)OC(C)(C)C)c1. The molecule has 0 bridgehead atoms. The van der Waals surface area contributed by atoms with Crippen LogP contribution in [0.4, 0.5) is 4.79 Å². The molecule has 2 atom stereocenters. The van der Waals surface area contributed by atoms with Crippen molar-refractivity contribution in [2.24, 2.45) is 0 Å². The summed E-state index contributed by atoms with van der Waals surface area (Å²) in [4.78, 5) is 40.8. The number of thiol groups is 1. The zero-order chi connectivity index (χ0) is 26.9. The Labute approximate surface area is 218 Å². The molecule has 0 aliphatic heterocycles. The smallest absolute Gasteiger partial charge is 0.408 e. The van der Waals surface area contributed by atoms with Gasteiger partial charge >= 0.3 is 6.09 Å². The minimum atomic E-state index is -1.11. The molecule has 0 saturated heterocycles. The lowest BCUT2D eigenvalue weighted by Crippen LogP contribution is -2.54. The van der Waals surface area contributed by atoms with Crippen LogP contribution in [-0.2, 0) is 20.9 Å². The van der Waals surface area contributed by atoms with E-state index < -0.39 is 35.6 Å². The number of rotatable bonds is 9. The van der Waals surface area contributed by atoms with E-state index in [1.165, 1.54) is 4.90 Å². The van der Waals surface area contributed by atoms with Gasteiger partial charge in [-0.1, -0.05) is 54.1 Å². The number of carbonyl (C=O) groups excluding carboxylic acids is 3. The molecule has 0 aliphatic rings. The molecule has 2 aromatic rings. The van der Waals surface area contributed by atoms with E-state index in [1.807, 2.05) is 68.4 Å². The predicted molar refractivity (Wildman–Crippen MR) is 141 cm³/mol. The number of hydrogen-bond acceptors (Lipinski definition) is 6. The molecule has 8 nitrogen and oxygen atoms in total. The number of benzene rings is 2. The normalized spacial score (nSPS) is 12.6. The first-order valence-corrected chi connectivity index (χ1v) is 12.3. The molecule has 9 heteroatoms. The van der Waals surface area contributed by atoms with Gasteiger partial charge in [0.15, 0.2) is 0 Å². The Bertz CT molecular complexity index is 1110. The molecule has 2 rings (SSSR count). The fourth-order valence-electron chi connectivity index (χ4n) is 3.59. The lowest BCUT2D eigenvalue weighted by Gasteiger charge is -2.33. The lowest BCUT2D eigenvalue weighted by molar-refractivity contribution is -0.141. The molecule has 0 saturated carbocycles. The summed E-state index contributed by atoms with van der Waals surface area (Å²) in [7, 11) is 0.